The van der Waals surface area contributed by atoms with E-state index in [-0.39, 0.29) is 0 Å². The molecule has 0 aromatic rings. The van der Waals surface area contributed by atoms with Crippen molar-refractivity contribution in [2.45, 2.75) is 54.8 Å². The van der Waals surface area contributed by atoms with Gasteiger partial charge in [0.05, 0.1) is 0 Å². The summed E-state index contributed by atoms with van der Waals surface area (Å²) in [5, 5.41) is 0. The highest BCUT2D eigenvalue weighted by atomic mass is 127. The summed E-state index contributed by atoms with van der Waals surface area (Å²) in [6.07, 6.45) is 12.4. The minimum absolute atomic E-state index is 0.801. The number of hydrogen-bond acceptors (Lipinski definition) is 0. The Morgan fingerprint density at radius 3 is 2.00 bits per heavy atom. The van der Waals surface area contributed by atoms with Gasteiger partial charge in [-0.1, -0.05) is 41.9 Å². The predicted octanol–water partition coefficient (Wildman–Crippen LogP) is 3.92. The molecule has 0 saturated heterocycles. The summed E-state index contributed by atoms with van der Waals surface area (Å²) in [5.74, 6) is 1.14. The Bertz CT molecular complexity index is 183. The quantitative estimate of drug-likeness (QED) is 0.503. The zero-order valence-electron chi connectivity index (χ0n) is 7.61. The molecule has 0 aliphatic heterocycles. The van der Waals surface area contributed by atoms with E-state index in [4.69, 9.17) is 0 Å². The first kappa shape index (κ1) is 8.07. The lowest BCUT2D eigenvalue weighted by atomic mass is 9.39. The molecule has 4 saturated carbocycles. The Balaban J connectivity index is 1.67. The molecule has 2 bridgehead atoms. The lowest BCUT2D eigenvalue weighted by Gasteiger charge is -2.71. The van der Waals surface area contributed by atoms with Crippen LogP contribution in [0.4, 0.5) is 0 Å². The van der Waals surface area contributed by atoms with E-state index in [1.807, 2.05) is 0 Å². The maximum absolute atomic E-state index is 2.70. The molecule has 0 N–H and O–H groups in total. The van der Waals surface area contributed by atoms with Crippen LogP contribution in [0.15, 0.2) is 0 Å². The van der Waals surface area contributed by atoms with Crippen molar-refractivity contribution in [2.75, 3.05) is 0 Å². The average Bonchev–Trinajstić information content (AvgIpc) is 1.99. The molecule has 0 atom stereocenters. The second-order valence-corrected chi connectivity index (χ2v) is 7.67. The van der Waals surface area contributed by atoms with Crippen LogP contribution in [0.25, 0.3) is 0 Å². The molecule has 0 spiro atoms. The molecule has 4 rings (SSSR count). The minimum Gasteiger partial charge on any atom is -0.0788 e. The van der Waals surface area contributed by atoms with E-state index in [1.165, 1.54) is 19.3 Å². The van der Waals surface area contributed by atoms with E-state index < -0.39 is 0 Å². The molecule has 4 aliphatic rings. The third-order valence-corrected chi connectivity index (χ3v) is 5.62. The van der Waals surface area contributed by atoms with Gasteiger partial charge in [-0.3, -0.25) is 0 Å². The van der Waals surface area contributed by atoms with Crippen LogP contribution in [0.1, 0.15) is 51.4 Å². The van der Waals surface area contributed by atoms with Crippen molar-refractivity contribution in [3.05, 3.63) is 0 Å². The SMILES string of the molecule is IC12CC(C3CCCCC3)(C1)C2. The van der Waals surface area contributed by atoms with Crippen molar-refractivity contribution in [1.29, 1.82) is 0 Å². The Kier molecular flexibility index (Phi) is 1.61. The molecular weight excluding hydrogens is 259 g/mol. The molecular formula is C11H17I. The maximum atomic E-state index is 2.70. The molecule has 0 unspecified atom stereocenters. The van der Waals surface area contributed by atoms with E-state index in [0.29, 0.717) is 0 Å². The van der Waals surface area contributed by atoms with Crippen LogP contribution in [0.3, 0.4) is 0 Å². The van der Waals surface area contributed by atoms with E-state index in [2.05, 4.69) is 22.6 Å². The van der Waals surface area contributed by atoms with Crippen molar-refractivity contribution in [3.8, 4) is 0 Å². The van der Waals surface area contributed by atoms with E-state index in [0.717, 1.165) is 14.8 Å². The standard InChI is InChI=1S/C11H17I/c12-11-6-10(7-11,8-11)9-4-2-1-3-5-9/h9H,1-8H2. The Labute approximate surface area is 88.6 Å². The van der Waals surface area contributed by atoms with Gasteiger partial charge >= 0.3 is 0 Å². The highest BCUT2D eigenvalue weighted by Gasteiger charge is 2.68. The molecule has 0 amide bonds. The summed E-state index contributed by atoms with van der Waals surface area (Å²) in [6.45, 7) is 0. The molecule has 0 heterocycles. The first-order chi connectivity index (χ1) is 5.73. The topological polar surface area (TPSA) is 0 Å². The molecule has 4 fully saturated rings. The van der Waals surface area contributed by atoms with Crippen LogP contribution in [-0.2, 0) is 0 Å². The van der Waals surface area contributed by atoms with Gasteiger partial charge in [0.1, 0.15) is 0 Å². The third kappa shape index (κ3) is 0.948. The van der Waals surface area contributed by atoms with Crippen LogP contribution in [0.2, 0.25) is 0 Å². The van der Waals surface area contributed by atoms with Crippen molar-refractivity contribution in [2.24, 2.45) is 11.3 Å². The van der Waals surface area contributed by atoms with E-state index in [1.54, 1.807) is 32.1 Å². The summed E-state index contributed by atoms with van der Waals surface area (Å²) < 4.78 is 0.801. The van der Waals surface area contributed by atoms with Gasteiger partial charge in [-0.05, 0) is 43.4 Å². The summed E-state index contributed by atoms with van der Waals surface area (Å²) >= 11 is 2.70. The predicted molar refractivity (Wildman–Crippen MR) is 59.6 cm³/mol. The molecule has 0 aromatic carbocycles. The van der Waals surface area contributed by atoms with Gasteiger partial charge in [0.25, 0.3) is 0 Å². The van der Waals surface area contributed by atoms with Gasteiger partial charge in [0.2, 0.25) is 0 Å². The van der Waals surface area contributed by atoms with E-state index >= 15 is 0 Å². The molecule has 12 heavy (non-hydrogen) atoms. The monoisotopic (exact) mass is 276 g/mol. The molecule has 0 radical (unpaired) electrons. The number of rotatable bonds is 1. The van der Waals surface area contributed by atoms with Crippen LogP contribution in [0, 0.1) is 11.3 Å². The van der Waals surface area contributed by atoms with Crippen molar-refractivity contribution in [1.82, 2.24) is 0 Å². The highest BCUT2D eigenvalue weighted by Crippen LogP contribution is 2.76. The molecule has 1 heteroatoms. The Morgan fingerprint density at radius 1 is 0.917 bits per heavy atom. The number of hydrogen-bond donors (Lipinski definition) is 0. The first-order valence-corrected chi connectivity index (χ1v) is 6.49. The third-order valence-electron chi connectivity index (χ3n) is 4.48. The Morgan fingerprint density at radius 2 is 1.50 bits per heavy atom. The van der Waals surface area contributed by atoms with Crippen LogP contribution in [0.5, 0.6) is 0 Å². The largest absolute Gasteiger partial charge is 0.0788 e. The first-order valence-electron chi connectivity index (χ1n) is 5.42. The number of alkyl halides is 1. The zero-order valence-corrected chi connectivity index (χ0v) is 9.77. The average molecular weight is 276 g/mol. The summed E-state index contributed by atoms with van der Waals surface area (Å²) in [6, 6.07) is 0. The van der Waals surface area contributed by atoms with Gasteiger partial charge in [0, 0.05) is 3.42 Å². The summed E-state index contributed by atoms with van der Waals surface area (Å²) in [7, 11) is 0. The molecule has 68 valence electrons. The fourth-order valence-electron chi connectivity index (χ4n) is 3.89. The van der Waals surface area contributed by atoms with Gasteiger partial charge in [0.15, 0.2) is 0 Å². The van der Waals surface area contributed by atoms with Crippen molar-refractivity contribution < 1.29 is 0 Å². The smallest absolute Gasteiger partial charge is 0.0238 e. The lowest BCUT2D eigenvalue weighted by molar-refractivity contribution is -0.123. The van der Waals surface area contributed by atoms with Crippen LogP contribution in [-0.4, -0.2) is 3.42 Å². The highest BCUT2D eigenvalue weighted by molar-refractivity contribution is 14.1. The van der Waals surface area contributed by atoms with Gasteiger partial charge < -0.3 is 0 Å². The van der Waals surface area contributed by atoms with Crippen molar-refractivity contribution in [3.63, 3.8) is 0 Å². The molecule has 0 nitrogen and oxygen atoms in total. The fourth-order valence-corrected chi connectivity index (χ4v) is 6.16. The van der Waals surface area contributed by atoms with E-state index in [9.17, 15) is 0 Å². The molecule has 4 aliphatic carbocycles. The van der Waals surface area contributed by atoms with Gasteiger partial charge in [-0.15, -0.1) is 0 Å². The fraction of sp³-hybridized carbons (Fsp3) is 1.00. The zero-order chi connectivity index (χ0) is 8.23. The normalized spacial score (nSPS) is 52.8. The summed E-state index contributed by atoms with van der Waals surface area (Å²) in [5.41, 5.74) is 0.890. The summed E-state index contributed by atoms with van der Waals surface area (Å²) in [4.78, 5) is 0. The minimum atomic E-state index is 0.801. The lowest BCUT2D eigenvalue weighted by Crippen LogP contribution is -2.66. The van der Waals surface area contributed by atoms with Gasteiger partial charge in [-0.25, -0.2) is 0 Å². The molecule has 0 aromatic heterocycles. The number of halogens is 1. The second kappa shape index (κ2) is 2.40. The van der Waals surface area contributed by atoms with Crippen molar-refractivity contribution >= 4 is 22.6 Å². The second-order valence-electron chi connectivity index (χ2n) is 5.38. The maximum Gasteiger partial charge on any atom is 0.0238 e. The van der Waals surface area contributed by atoms with Gasteiger partial charge in [-0.2, -0.15) is 0 Å². The Hall–Kier alpha value is 0.730. The van der Waals surface area contributed by atoms with Crippen LogP contribution >= 0.6 is 22.6 Å². The van der Waals surface area contributed by atoms with Crippen LogP contribution < -0.4 is 0 Å².